The molecule has 1 heterocycles. The molecule has 0 amide bonds. The normalized spacial score (nSPS) is 18.9. The second-order valence-electron chi connectivity index (χ2n) is 5.31. The predicted molar refractivity (Wildman–Crippen MR) is 90.5 cm³/mol. The van der Waals surface area contributed by atoms with Gasteiger partial charge in [0.25, 0.3) is 0 Å². The Morgan fingerprint density at radius 3 is 2.32 bits per heavy atom. The van der Waals surface area contributed by atoms with Crippen molar-refractivity contribution in [2.45, 2.75) is 17.4 Å². The number of benzene rings is 2. The maximum absolute atomic E-state index is 12.6. The van der Waals surface area contributed by atoms with Crippen molar-refractivity contribution in [3.8, 4) is 11.1 Å². The molecule has 2 aromatic carbocycles. The van der Waals surface area contributed by atoms with Gasteiger partial charge in [0, 0.05) is 19.1 Å². The maximum atomic E-state index is 12.6. The molecular weight excluding hydrogens is 320 g/mol. The van der Waals surface area contributed by atoms with Crippen LogP contribution >= 0.6 is 12.4 Å². The molecule has 22 heavy (non-hydrogen) atoms. The first-order chi connectivity index (χ1) is 10.1. The predicted octanol–water partition coefficient (Wildman–Crippen LogP) is 2.50. The molecule has 4 nitrogen and oxygen atoms in total. The monoisotopic (exact) mass is 338 g/mol. The first-order valence-corrected chi connectivity index (χ1v) is 8.42. The van der Waals surface area contributed by atoms with Gasteiger partial charge in [0.05, 0.1) is 4.90 Å². The number of hydrogen-bond acceptors (Lipinski definition) is 3. The molecule has 2 aromatic rings. The minimum Gasteiger partial charge on any atom is -0.326 e. The first-order valence-electron chi connectivity index (χ1n) is 6.98. The van der Waals surface area contributed by atoms with Crippen molar-refractivity contribution in [1.29, 1.82) is 0 Å². The van der Waals surface area contributed by atoms with Crippen LogP contribution in [0.2, 0.25) is 0 Å². The van der Waals surface area contributed by atoms with Gasteiger partial charge < -0.3 is 5.73 Å². The minimum absolute atomic E-state index is 0. The van der Waals surface area contributed by atoms with Gasteiger partial charge in [-0.3, -0.25) is 0 Å². The van der Waals surface area contributed by atoms with E-state index in [-0.39, 0.29) is 18.4 Å². The summed E-state index contributed by atoms with van der Waals surface area (Å²) in [5, 5.41) is 0. The van der Waals surface area contributed by atoms with Crippen molar-refractivity contribution in [3.63, 3.8) is 0 Å². The summed E-state index contributed by atoms with van der Waals surface area (Å²) < 4.78 is 26.7. The van der Waals surface area contributed by atoms with Gasteiger partial charge in [-0.1, -0.05) is 42.5 Å². The van der Waals surface area contributed by atoms with E-state index in [1.165, 1.54) is 4.31 Å². The third-order valence-corrected chi connectivity index (χ3v) is 5.63. The molecule has 2 N–H and O–H groups in total. The van der Waals surface area contributed by atoms with E-state index in [2.05, 4.69) is 0 Å². The summed E-state index contributed by atoms with van der Waals surface area (Å²) >= 11 is 0. The van der Waals surface area contributed by atoms with Crippen LogP contribution in [0.3, 0.4) is 0 Å². The van der Waals surface area contributed by atoms with Crippen molar-refractivity contribution < 1.29 is 8.42 Å². The average Bonchev–Trinajstić information content (AvgIpc) is 2.96. The molecule has 0 spiro atoms. The van der Waals surface area contributed by atoms with E-state index in [0.717, 1.165) is 17.5 Å². The average molecular weight is 339 g/mol. The van der Waals surface area contributed by atoms with E-state index in [1.807, 2.05) is 36.4 Å². The van der Waals surface area contributed by atoms with Crippen molar-refractivity contribution in [2.24, 2.45) is 5.73 Å². The quantitative estimate of drug-likeness (QED) is 0.935. The molecule has 0 aromatic heterocycles. The summed E-state index contributed by atoms with van der Waals surface area (Å²) in [6.45, 7) is 0.900. The molecule has 1 aliphatic heterocycles. The Kier molecular flexibility index (Phi) is 5.24. The topological polar surface area (TPSA) is 63.4 Å². The van der Waals surface area contributed by atoms with Crippen molar-refractivity contribution >= 4 is 22.4 Å². The molecule has 1 unspecified atom stereocenters. The molecule has 1 atom stereocenters. The van der Waals surface area contributed by atoms with Crippen LogP contribution in [0.5, 0.6) is 0 Å². The van der Waals surface area contributed by atoms with Gasteiger partial charge >= 0.3 is 0 Å². The van der Waals surface area contributed by atoms with Crippen LogP contribution in [-0.4, -0.2) is 31.9 Å². The summed E-state index contributed by atoms with van der Waals surface area (Å²) in [5.41, 5.74) is 7.72. The lowest BCUT2D eigenvalue weighted by molar-refractivity contribution is 0.472. The molecule has 1 fully saturated rings. The minimum atomic E-state index is -3.45. The smallest absolute Gasteiger partial charge is 0.243 e. The van der Waals surface area contributed by atoms with Crippen LogP contribution in [0.15, 0.2) is 59.5 Å². The lowest BCUT2D eigenvalue weighted by atomic mass is 10.1. The summed E-state index contributed by atoms with van der Waals surface area (Å²) in [4.78, 5) is 0.331. The molecule has 0 aliphatic carbocycles. The number of sulfonamides is 1. The highest BCUT2D eigenvalue weighted by molar-refractivity contribution is 7.89. The highest BCUT2D eigenvalue weighted by Gasteiger charge is 2.30. The first kappa shape index (κ1) is 17.0. The Morgan fingerprint density at radius 2 is 1.68 bits per heavy atom. The molecule has 3 rings (SSSR count). The van der Waals surface area contributed by atoms with Crippen LogP contribution in [0.25, 0.3) is 11.1 Å². The zero-order chi connectivity index (χ0) is 14.9. The summed E-state index contributed by atoms with van der Waals surface area (Å²) in [6.07, 6.45) is 0.720. The molecule has 0 radical (unpaired) electrons. The van der Waals surface area contributed by atoms with Crippen LogP contribution < -0.4 is 5.73 Å². The molecule has 1 aliphatic rings. The van der Waals surface area contributed by atoms with Crippen LogP contribution in [0, 0.1) is 0 Å². The third-order valence-electron chi connectivity index (χ3n) is 3.77. The number of hydrogen-bond donors (Lipinski definition) is 1. The Labute approximate surface area is 137 Å². The largest absolute Gasteiger partial charge is 0.326 e. The lowest BCUT2D eigenvalue weighted by Gasteiger charge is -2.16. The van der Waals surface area contributed by atoms with Crippen molar-refractivity contribution in [3.05, 3.63) is 54.6 Å². The molecule has 118 valence electrons. The summed E-state index contributed by atoms with van der Waals surface area (Å²) in [7, 11) is -3.45. The summed E-state index contributed by atoms with van der Waals surface area (Å²) in [5.74, 6) is 0. The fourth-order valence-electron chi connectivity index (χ4n) is 2.59. The van der Waals surface area contributed by atoms with Gasteiger partial charge in [0.1, 0.15) is 0 Å². The van der Waals surface area contributed by atoms with Gasteiger partial charge in [-0.05, 0) is 29.7 Å². The fraction of sp³-hybridized carbons (Fsp3) is 0.250. The Hall–Kier alpha value is -1.40. The van der Waals surface area contributed by atoms with Crippen molar-refractivity contribution in [1.82, 2.24) is 4.31 Å². The number of rotatable bonds is 3. The lowest BCUT2D eigenvalue weighted by Crippen LogP contribution is -2.31. The number of halogens is 1. The maximum Gasteiger partial charge on any atom is 0.243 e. The van der Waals surface area contributed by atoms with Gasteiger partial charge in [-0.15, -0.1) is 12.4 Å². The standard InChI is InChI=1S/C16H18N2O2S.ClH/c17-15-9-10-18(12-15)21(19,20)16-8-4-7-14(11-16)13-5-2-1-3-6-13;/h1-8,11,15H,9-10,12,17H2;1H. The van der Waals surface area contributed by atoms with E-state index >= 15 is 0 Å². The van der Waals surface area contributed by atoms with Gasteiger partial charge in [-0.2, -0.15) is 4.31 Å². The summed E-state index contributed by atoms with van der Waals surface area (Å²) in [6, 6.07) is 16.8. The molecule has 0 saturated carbocycles. The van der Waals surface area contributed by atoms with Gasteiger partial charge in [-0.25, -0.2) is 8.42 Å². The molecule has 6 heteroatoms. The number of nitrogens with zero attached hydrogens (tertiary/aromatic N) is 1. The zero-order valence-electron chi connectivity index (χ0n) is 12.1. The van der Waals surface area contributed by atoms with Crippen LogP contribution in [0.4, 0.5) is 0 Å². The molecule has 0 bridgehead atoms. The van der Waals surface area contributed by atoms with Gasteiger partial charge in [0.2, 0.25) is 10.0 Å². The highest BCUT2D eigenvalue weighted by atomic mass is 35.5. The fourth-order valence-corrected chi connectivity index (χ4v) is 4.15. The van der Waals surface area contributed by atoms with E-state index in [9.17, 15) is 8.42 Å². The molecular formula is C16H19ClN2O2S. The van der Waals surface area contributed by atoms with Crippen LogP contribution in [-0.2, 0) is 10.0 Å². The van der Waals surface area contributed by atoms with E-state index < -0.39 is 10.0 Å². The highest BCUT2D eigenvalue weighted by Crippen LogP contribution is 2.25. The molecule has 1 saturated heterocycles. The van der Waals surface area contributed by atoms with Crippen molar-refractivity contribution in [2.75, 3.05) is 13.1 Å². The Bertz CT molecular complexity index is 735. The van der Waals surface area contributed by atoms with Crippen LogP contribution in [0.1, 0.15) is 6.42 Å². The second kappa shape index (κ2) is 6.79. The van der Waals surface area contributed by atoms with E-state index in [1.54, 1.807) is 18.2 Å². The Morgan fingerprint density at radius 1 is 1.00 bits per heavy atom. The Balaban J connectivity index is 0.00000176. The number of nitrogens with two attached hydrogens (primary N) is 1. The van der Waals surface area contributed by atoms with Gasteiger partial charge in [0.15, 0.2) is 0 Å². The zero-order valence-corrected chi connectivity index (χ0v) is 13.7. The third kappa shape index (κ3) is 3.33. The SMILES string of the molecule is Cl.NC1CCN(S(=O)(=O)c2cccc(-c3ccccc3)c2)C1. The second-order valence-corrected chi connectivity index (χ2v) is 7.24. The van der Waals surface area contributed by atoms with E-state index in [0.29, 0.717) is 18.0 Å². The van der Waals surface area contributed by atoms with E-state index in [4.69, 9.17) is 5.73 Å².